The van der Waals surface area contributed by atoms with Crippen LogP contribution in [0.15, 0.2) is 41.8 Å². The molecule has 0 fully saturated rings. The van der Waals surface area contributed by atoms with Gasteiger partial charge in [-0.25, -0.2) is 9.78 Å². The highest BCUT2D eigenvalue weighted by atomic mass is 32.1. The molecule has 0 saturated heterocycles. The van der Waals surface area contributed by atoms with Crippen molar-refractivity contribution in [2.75, 3.05) is 19.0 Å². The molecule has 0 radical (unpaired) electrons. The van der Waals surface area contributed by atoms with Gasteiger partial charge in [0, 0.05) is 11.5 Å². The summed E-state index contributed by atoms with van der Waals surface area (Å²) in [6.07, 6.45) is 2.88. The van der Waals surface area contributed by atoms with Crippen molar-refractivity contribution in [3.63, 3.8) is 0 Å². The largest absolute Gasteiger partial charge is 0.469 e. The lowest BCUT2D eigenvalue weighted by molar-refractivity contribution is -0.142. The lowest BCUT2D eigenvalue weighted by atomic mass is 10.2. The van der Waals surface area contributed by atoms with E-state index in [-0.39, 0.29) is 6.42 Å². The van der Waals surface area contributed by atoms with Crippen molar-refractivity contribution in [1.29, 1.82) is 0 Å². The number of ether oxygens (including phenoxy) is 2. The first kappa shape index (κ1) is 18.3. The van der Waals surface area contributed by atoms with E-state index in [0.717, 1.165) is 5.56 Å². The van der Waals surface area contributed by atoms with Crippen LogP contribution in [0.4, 0.5) is 5.13 Å². The topological polar surface area (TPSA) is 94.6 Å². The Kier molecular flexibility index (Phi) is 6.85. The minimum atomic E-state index is -0.621. The Labute approximate surface area is 148 Å². The minimum Gasteiger partial charge on any atom is -0.469 e. The van der Waals surface area contributed by atoms with Crippen molar-refractivity contribution in [3.05, 3.63) is 53.0 Å². The van der Waals surface area contributed by atoms with Gasteiger partial charge < -0.3 is 9.47 Å². The fraction of sp³-hybridized carbons (Fsp3) is 0.176. The Morgan fingerprint density at radius 2 is 2.00 bits per heavy atom. The van der Waals surface area contributed by atoms with Crippen LogP contribution in [0.25, 0.3) is 6.08 Å². The van der Waals surface area contributed by atoms with E-state index < -0.39 is 24.5 Å². The third-order valence-corrected chi connectivity index (χ3v) is 3.71. The molecule has 1 aromatic heterocycles. The van der Waals surface area contributed by atoms with Crippen LogP contribution in [0.3, 0.4) is 0 Å². The maximum atomic E-state index is 11.7. The number of hydrogen-bond acceptors (Lipinski definition) is 7. The first-order chi connectivity index (χ1) is 12.1. The predicted octanol–water partition coefficient (Wildman–Crippen LogP) is 2.05. The zero-order chi connectivity index (χ0) is 18.1. The highest BCUT2D eigenvalue weighted by Gasteiger charge is 2.11. The average Bonchev–Trinajstić information content (AvgIpc) is 3.05. The van der Waals surface area contributed by atoms with Gasteiger partial charge in [-0.05, 0) is 11.6 Å². The summed E-state index contributed by atoms with van der Waals surface area (Å²) >= 11 is 1.17. The van der Waals surface area contributed by atoms with E-state index in [1.807, 2.05) is 30.3 Å². The molecular weight excluding hydrogens is 344 g/mol. The summed E-state index contributed by atoms with van der Waals surface area (Å²) in [5.41, 5.74) is 1.35. The van der Waals surface area contributed by atoms with Gasteiger partial charge in [-0.1, -0.05) is 30.3 Å². The third kappa shape index (κ3) is 6.56. The predicted molar refractivity (Wildman–Crippen MR) is 92.9 cm³/mol. The number of benzene rings is 1. The quantitative estimate of drug-likeness (QED) is 0.600. The van der Waals surface area contributed by atoms with Crippen molar-refractivity contribution in [3.8, 4) is 0 Å². The van der Waals surface area contributed by atoms with Gasteiger partial charge in [0.1, 0.15) is 0 Å². The Bertz CT molecular complexity index is 770. The molecule has 1 amide bonds. The Morgan fingerprint density at radius 3 is 2.72 bits per heavy atom. The van der Waals surface area contributed by atoms with Gasteiger partial charge in [-0.2, -0.15) is 0 Å². The number of amides is 1. The number of anilines is 1. The number of carbonyl (C=O) groups excluding carboxylic acids is 3. The van der Waals surface area contributed by atoms with Crippen molar-refractivity contribution in [1.82, 2.24) is 4.98 Å². The first-order valence-electron chi connectivity index (χ1n) is 7.28. The number of nitrogens with one attached hydrogen (secondary N) is 1. The summed E-state index contributed by atoms with van der Waals surface area (Å²) < 4.78 is 9.39. The summed E-state index contributed by atoms with van der Waals surface area (Å²) in [5.74, 6) is -1.55. The maximum absolute atomic E-state index is 11.7. The normalized spacial score (nSPS) is 10.4. The lowest BCUT2D eigenvalue weighted by Crippen LogP contribution is -2.20. The molecule has 0 atom stereocenters. The monoisotopic (exact) mass is 360 g/mol. The number of nitrogens with zero attached hydrogens (tertiary/aromatic N) is 1. The number of methoxy groups -OCH3 is 1. The van der Waals surface area contributed by atoms with Crippen molar-refractivity contribution < 1.29 is 23.9 Å². The van der Waals surface area contributed by atoms with Crippen LogP contribution in [0, 0.1) is 0 Å². The van der Waals surface area contributed by atoms with Crippen LogP contribution in [0.2, 0.25) is 0 Å². The summed E-state index contributed by atoms with van der Waals surface area (Å²) in [7, 11) is 1.29. The van der Waals surface area contributed by atoms with Gasteiger partial charge in [0.15, 0.2) is 11.7 Å². The van der Waals surface area contributed by atoms with Gasteiger partial charge in [-0.15, -0.1) is 11.3 Å². The summed E-state index contributed by atoms with van der Waals surface area (Å²) in [6.45, 7) is -0.427. The van der Waals surface area contributed by atoms with E-state index >= 15 is 0 Å². The number of rotatable bonds is 7. The highest BCUT2D eigenvalue weighted by molar-refractivity contribution is 7.13. The molecule has 130 valence electrons. The molecule has 7 nitrogen and oxygen atoms in total. The van der Waals surface area contributed by atoms with E-state index in [9.17, 15) is 14.4 Å². The first-order valence-corrected chi connectivity index (χ1v) is 8.15. The number of carbonyl (C=O) groups is 3. The zero-order valence-corrected chi connectivity index (χ0v) is 14.2. The standard InChI is InChI=1S/C17H16N2O5S/c1-23-16(22)9-13-11-25-17(18-13)19-14(20)10-24-15(21)8-7-12-5-3-2-4-6-12/h2-8,11H,9-10H2,1H3,(H,18,19,20)/b8-7+. The van der Waals surface area contributed by atoms with Crippen LogP contribution in [0.1, 0.15) is 11.3 Å². The van der Waals surface area contributed by atoms with Crippen molar-refractivity contribution >= 4 is 40.4 Å². The molecule has 0 bridgehead atoms. The Balaban J connectivity index is 1.76. The van der Waals surface area contributed by atoms with Crippen LogP contribution < -0.4 is 5.32 Å². The smallest absolute Gasteiger partial charge is 0.331 e. The van der Waals surface area contributed by atoms with E-state index in [4.69, 9.17) is 4.74 Å². The molecule has 1 heterocycles. The van der Waals surface area contributed by atoms with E-state index in [2.05, 4.69) is 15.0 Å². The van der Waals surface area contributed by atoms with Crippen molar-refractivity contribution in [2.45, 2.75) is 6.42 Å². The van der Waals surface area contributed by atoms with Crippen LogP contribution >= 0.6 is 11.3 Å². The molecule has 2 rings (SSSR count). The fourth-order valence-corrected chi connectivity index (χ4v) is 2.46. The molecule has 0 aliphatic rings. The van der Waals surface area contributed by atoms with E-state index in [1.165, 1.54) is 24.5 Å². The number of hydrogen-bond donors (Lipinski definition) is 1. The Hall–Kier alpha value is -3.00. The van der Waals surface area contributed by atoms with E-state index in [0.29, 0.717) is 10.8 Å². The molecule has 0 saturated carbocycles. The zero-order valence-electron chi connectivity index (χ0n) is 13.4. The number of esters is 2. The highest BCUT2D eigenvalue weighted by Crippen LogP contribution is 2.15. The van der Waals surface area contributed by atoms with Crippen LogP contribution in [-0.2, 0) is 30.3 Å². The third-order valence-electron chi connectivity index (χ3n) is 2.91. The second-order valence-electron chi connectivity index (χ2n) is 4.80. The average molecular weight is 360 g/mol. The molecule has 8 heteroatoms. The lowest BCUT2D eigenvalue weighted by Gasteiger charge is -2.02. The second kappa shape index (κ2) is 9.33. The molecule has 1 N–H and O–H groups in total. The minimum absolute atomic E-state index is 0.0299. The molecule has 0 spiro atoms. The molecule has 0 aliphatic heterocycles. The van der Waals surface area contributed by atoms with Gasteiger partial charge in [0.2, 0.25) is 0 Å². The van der Waals surface area contributed by atoms with Gasteiger partial charge >= 0.3 is 11.9 Å². The summed E-state index contributed by atoms with van der Waals surface area (Å²) in [6, 6.07) is 9.24. The number of aromatic nitrogens is 1. The SMILES string of the molecule is COC(=O)Cc1csc(NC(=O)COC(=O)/C=C/c2ccccc2)n1. The fourth-order valence-electron chi connectivity index (χ4n) is 1.73. The van der Waals surface area contributed by atoms with Crippen molar-refractivity contribution in [2.24, 2.45) is 0 Å². The Morgan fingerprint density at radius 1 is 1.24 bits per heavy atom. The van der Waals surface area contributed by atoms with Gasteiger partial charge in [0.05, 0.1) is 19.2 Å². The molecule has 1 aromatic carbocycles. The number of thiazole rings is 1. The molecule has 0 unspecified atom stereocenters. The molecule has 2 aromatic rings. The van der Waals surface area contributed by atoms with Gasteiger partial charge in [0.25, 0.3) is 5.91 Å². The maximum Gasteiger partial charge on any atom is 0.331 e. The van der Waals surface area contributed by atoms with Crippen LogP contribution in [-0.4, -0.2) is 36.5 Å². The van der Waals surface area contributed by atoms with Gasteiger partial charge in [-0.3, -0.25) is 14.9 Å². The van der Waals surface area contributed by atoms with Crippen LogP contribution in [0.5, 0.6) is 0 Å². The molecule has 0 aliphatic carbocycles. The summed E-state index contributed by atoms with van der Waals surface area (Å²) in [4.78, 5) is 38.5. The molecule has 25 heavy (non-hydrogen) atoms. The second-order valence-corrected chi connectivity index (χ2v) is 5.65. The molecular formula is C17H16N2O5S. The van der Waals surface area contributed by atoms with E-state index in [1.54, 1.807) is 11.5 Å². The summed E-state index contributed by atoms with van der Waals surface area (Å²) in [5, 5.41) is 4.46.